The van der Waals surface area contributed by atoms with E-state index in [0.717, 1.165) is 5.69 Å². The molecule has 0 bridgehead atoms. The predicted molar refractivity (Wildman–Crippen MR) is 56.4 cm³/mol. The van der Waals surface area contributed by atoms with E-state index in [9.17, 15) is 4.79 Å². The van der Waals surface area contributed by atoms with E-state index in [-0.39, 0.29) is 6.04 Å². The van der Waals surface area contributed by atoms with E-state index < -0.39 is 11.7 Å². The Morgan fingerprint density at radius 1 is 1.60 bits per heavy atom. The van der Waals surface area contributed by atoms with Crippen LogP contribution >= 0.6 is 0 Å². The fourth-order valence-electron chi connectivity index (χ4n) is 1.07. The number of ether oxygens (including phenoxy) is 1. The lowest BCUT2D eigenvalue weighted by atomic mass is 10.2. The average molecular weight is 211 g/mol. The number of hydrogen-bond acceptors (Lipinski definition) is 3. The summed E-state index contributed by atoms with van der Waals surface area (Å²) >= 11 is 0. The van der Waals surface area contributed by atoms with E-state index in [0.29, 0.717) is 0 Å². The molecule has 0 aromatic carbocycles. The highest BCUT2D eigenvalue weighted by molar-refractivity contribution is 5.68. The molecule has 0 aliphatic heterocycles. The van der Waals surface area contributed by atoms with Crippen LogP contribution in [0.5, 0.6) is 0 Å². The number of rotatable bonds is 2. The first kappa shape index (κ1) is 11.6. The molecule has 5 nitrogen and oxygen atoms in total. The summed E-state index contributed by atoms with van der Waals surface area (Å²) in [5.74, 6) is 0. The van der Waals surface area contributed by atoms with Gasteiger partial charge in [-0.05, 0) is 33.8 Å². The molecule has 0 aliphatic rings. The van der Waals surface area contributed by atoms with Crippen molar-refractivity contribution in [2.24, 2.45) is 0 Å². The Hall–Kier alpha value is -1.52. The predicted octanol–water partition coefficient (Wildman–Crippen LogP) is 2.00. The van der Waals surface area contributed by atoms with Gasteiger partial charge in [-0.3, -0.25) is 5.10 Å². The maximum atomic E-state index is 11.4. The van der Waals surface area contributed by atoms with Crippen LogP contribution in [0.4, 0.5) is 4.79 Å². The van der Waals surface area contributed by atoms with Crippen LogP contribution in [0.25, 0.3) is 0 Å². The number of nitrogens with one attached hydrogen (secondary N) is 2. The topological polar surface area (TPSA) is 67.0 Å². The zero-order valence-corrected chi connectivity index (χ0v) is 9.50. The van der Waals surface area contributed by atoms with Crippen molar-refractivity contribution < 1.29 is 9.53 Å². The average Bonchev–Trinajstić information content (AvgIpc) is 2.50. The van der Waals surface area contributed by atoms with Gasteiger partial charge in [0.25, 0.3) is 0 Å². The van der Waals surface area contributed by atoms with Crippen LogP contribution in [0.1, 0.15) is 39.4 Å². The summed E-state index contributed by atoms with van der Waals surface area (Å²) in [6.45, 7) is 7.32. The maximum Gasteiger partial charge on any atom is 0.408 e. The van der Waals surface area contributed by atoms with Crippen molar-refractivity contribution in [1.29, 1.82) is 0 Å². The van der Waals surface area contributed by atoms with Crippen molar-refractivity contribution in [3.8, 4) is 0 Å². The summed E-state index contributed by atoms with van der Waals surface area (Å²) in [5, 5.41) is 9.36. The minimum atomic E-state index is -0.477. The highest BCUT2D eigenvalue weighted by atomic mass is 16.6. The van der Waals surface area contributed by atoms with Crippen LogP contribution in [-0.2, 0) is 4.74 Å². The van der Waals surface area contributed by atoms with Crippen LogP contribution in [0.15, 0.2) is 12.3 Å². The van der Waals surface area contributed by atoms with Crippen molar-refractivity contribution in [2.45, 2.75) is 39.3 Å². The smallest absolute Gasteiger partial charge is 0.408 e. The number of carbonyl (C=O) groups excluding carboxylic acids is 1. The molecule has 1 aromatic heterocycles. The molecule has 0 saturated heterocycles. The van der Waals surface area contributed by atoms with Gasteiger partial charge in [0.15, 0.2) is 0 Å². The molecule has 1 rings (SSSR count). The van der Waals surface area contributed by atoms with Crippen LogP contribution in [0.3, 0.4) is 0 Å². The molecule has 0 radical (unpaired) electrons. The molecule has 15 heavy (non-hydrogen) atoms. The number of H-pyrrole nitrogens is 1. The number of hydrogen-bond donors (Lipinski definition) is 2. The molecule has 1 atom stereocenters. The van der Waals surface area contributed by atoms with Crippen molar-refractivity contribution in [3.63, 3.8) is 0 Å². The fraction of sp³-hybridized carbons (Fsp3) is 0.600. The summed E-state index contributed by atoms with van der Waals surface area (Å²) in [6.07, 6.45) is 1.28. The summed E-state index contributed by atoms with van der Waals surface area (Å²) in [7, 11) is 0. The summed E-state index contributed by atoms with van der Waals surface area (Å²) in [5.41, 5.74) is 0.302. The Kier molecular flexibility index (Phi) is 3.34. The van der Waals surface area contributed by atoms with E-state index in [1.807, 2.05) is 33.8 Å². The molecule has 1 aromatic rings. The molecule has 1 heterocycles. The molecule has 0 spiro atoms. The lowest BCUT2D eigenvalue weighted by molar-refractivity contribution is 0.0507. The SMILES string of the molecule is CC(NC(=O)OC(C)(C)C)c1cc[nH]n1. The van der Waals surface area contributed by atoms with Gasteiger partial charge in [-0.2, -0.15) is 5.10 Å². The lowest BCUT2D eigenvalue weighted by Gasteiger charge is -2.21. The van der Waals surface area contributed by atoms with Crippen molar-refractivity contribution >= 4 is 6.09 Å². The van der Waals surface area contributed by atoms with Crippen molar-refractivity contribution in [2.75, 3.05) is 0 Å². The molecule has 0 fully saturated rings. The maximum absolute atomic E-state index is 11.4. The molecule has 1 amide bonds. The Morgan fingerprint density at radius 3 is 2.73 bits per heavy atom. The molecule has 84 valence electrons. The van der Waals surface area contributed by atoms with Crippen LogP contribution in [0, 0.1) is 0 Å². The summed E-state index contributed by atoms with van der Waals surface area (Å²) in [4.78, 5) is 11.4. The normalized spacial score (nSPS) is 13.3. The van der Waals surface area contributed by atoms with Gasteiger partial charge in [0.2, 0.25) is 0 Å². The van der Waals surface area contributed by atoms with E-state index in [2.05, 4.69) is 15.5 Å². The van der Waals surface area contributed by atoms with Gasteiger partial charge in [-0.15, -0.1) is 0 Å². The Morgan fingerprint density at radius 2 is 2.27 bits per heavy atom. The number of alkyl carbamates (subject to hydrolysis) is 1. The summed E-state index contributed by atoms with van der Waals surface area (Å²) < 4.78 is 5.12. The number of carbonyl (C=O) groups is 1. The molecule has 5 heteroatoms. The van der Waals surface area contributed by atoms with E-state index in [1.54, 1.807) is 6.20 Å². The number of nitrogens with zero attached hydrogens (tertiary/aromatic N) is 1. The second-order valence-corrected chi connectivity index (χ2v) is 4.37. The molecular formula is C10H17N3O2. The summed E-state index contributed by atoms with van der Waals surface area (Å²) in [6, 6.07) is 1.65. The molecule has 0 aliphatic carbocycles. The third-order valence-corrected chi connectivity index (χ3v) is 1.70. The first-order valence-electron chi connectivity index (χ1n) is 4.87. The molecule has 1 unspecified atom stereocenters. The van der Waals surface area contributed by atoms with E-state index in [1.165, 1.54) is 0 Å². The standard InChI is InChI=1S/C10H17N3O2/c1-7(8-5-6-11-13-8)12-9(14)15-10(2,3)4/h5-7H,1-4H3,(H,11,13)(H,12,14). The second-order valence-electron chi connectivity index (χ2n) is 4.37. The Bertz CT molecular complexity index is 314. The highest BCUT2D eigenvalue weighted by Gasteiger charge is 2.18. The largest absolute Gasteiger partial charge is 0.444 e. The van der Waals surface area contributed by atoms with Crippen molar-refractivity contribution in [1.82, 2.24) is 15.5 Å². The second kappa shape index (κ2) is 4.33. The molecule has 0 saturated carbocycles. The van der Waals surface area contributed by atoms with Gasteiger partial charge in [-0.1, -0.05) is 0 Å². The monoisotopic (exact) mass is 211 g/mol. The minimum absolute atomic E-state index is 0.161. The van der Waals surface area contributed by atoms with E-state index in [4.69, 9.17) is 4.74 Å². The van der Waals surface area contributed by atoms with Crippen molar-refractivity contribution in [3.05, 3.63) is 18.0 Å². The Labute approximate surface area is 89.2 Å². The van der Waals surface area contributed by atoms with Crippen LogP contribution in [-0.4, -0.2) is 21.9 Å². The first-order chi connectivity index (χ1) is 6.88. The fourth-order valence-corrected chi connectivity index (χ4v) is 1.07. The van der Waals surface area contributed by atoms with Crippen LogP contribution < -0.4 is 5.32 Å². The zero-order chi connectivity index (χ0) is 11.5. The third-order valence-electron chi connectivity index (χ3n) is 1.70. The number of aromatic nitrogens is 2. The van der Waals surface area contributed by atoms with Gasteiger partial charge in [0.05, 0.1) is 11.7 Å². The van der Waals surface area contributed by atoms with Gasteiger partial charge in [0.1, 0.15) is 5.60 Å². The highest BCUT2D eigenvalue weighted by Crippen LogP contribution is 2.11. The Balaban J connectivity index is 2.45. The van der Waals surface area contributed by atoms with Gasteiger partial charge >= 0.3 is 6.09 Å². The zero-order valence-electron chi connectivity index (χ0n) is 9.50. The first-order valence-corrected chi connectivity index (χ1v) is 4.87. The van der Waals surface area contributed by atoms with Crippen LogP contribution in [0.2, 0.25) is 0 Å². The van der Waals surface area contributed by atoms with Gasteiger partial charge in [-0.25, -0.2) is 4.79 Å². The van der Waals surface area contributed by atoms with Gasteiger partial charge in [0, 0.05) is 6.20 Å². The molecule has 2 N–H and O–H groups in total. The minimum Gasteiger partial charge on any atom is -0.444 e. The lowest BCUT2D eigenvalue weighted by Crippen LogP contribution is -2.34. The van der Waals surface area contributed by atoms with E-state index >= 15 is 0 Å². The third kappa shape index (κ3) is 4.01. The number of amides is 1. The quantitative estimate of drug-likeness (QED) is 0.786. The van der Waals surface area contributed by atoms with Gasteiger partial charge < -0.3 is 10.1 Å². The molecular weight excluding hydrogens is 194 g/mol. The number of aromatic amines is 1.